The highest BCUT2D eigenvalue weighted by Gasteiger charge is 2.25. The molecule has 1 aliphatic heterocycles. The monoisotopic (exact) mass is 610 g/mol. The van der Waals surface area contributed by atoms with Crippen LogP contribution >= 0.6 is 6.89 Å². The molecular formula is C33H48FN6O2P. The van der Waals surface area contributed by atoms with Crippen molar-refractivity contribution in [1.82, 2.24) is 24.2 Å². The van der Waals surface area contributed by atoms with E-state index in [1.54, 1.807) is 52.2 Å². The zero-order valence-corrected chi connectivity index (χ0v) is 27.9. The Hall–Kier alpha value is -3.39. The number of fused-ring (bicyclic) bond motifs is 1. The van der Waals surface area contributed by atoms with Gasteiger partial charge >= 0.3 is 5.69 Å². The lowest BCUT2D eigenvalue weighted by Crippen LogP contribution is -2.27. The maximum atomic E-state index is 14.4. The zero-order chi connectivity index (χ0) is 31.9. The van der Waals surface area contributed by atoms with Crippen LogP contribution in [0.2, 0.25) is 0 Å². The highest BCUT2D eigenvalue weighted by molar-refractivity contribution is 7.81. The third kappa shape index (κ3) is 6.59. The largest absolute Gasteiger partial charge is 0.396 e. The molecule has 43 heavy (non-hydrogen) atoms. The van der Waals surface area contributed by atoms with Crippen molar-refractivity contribution in [2.45, 2.75) is 61.4 Å². The smallest absolute Gasteiger partial charge is 0.338 e. The fourth-order valence-corrected chi connectivity index (χ4v) is 7.78. The van der Waals surface area contributed by atoms with Crippen LogP contribution in [-0.2, 0) is 13.0 Å². The molecule has 0 aliphatic carbocycles. The molecule has 8 nitrogen and oxygen atoms in total. The van der Waals surface area contributed by atoms with Crippen LogP contribution in [0.4, 0.5) is 10.1 Å². The van der Waals surface area contributed by atoms with Gasteiger partial charge in [-0.05, 0) is 66.9 Å². The maximum Gasteiger partial charge on any atom is 0.338 e. The number of hydrogen-bond donors (Lipinski definition) is 3. The van der Waals surface area contributed by atoms with Gasteiger partial charge in [0.2, 0.25) is 0 Å². The molecule has 3 heterocycles. The van der Waals surface area contributed by atoms with Gasteiger partial charge in [-0.1, -0.05) is 53.9 Å². The first-order chi connectivity index (χ1) is 20.7. The molecular weight excluding hydrogens is 562 g/mol. The number of aliphatic hydroxyl groups excluding tert-OH is 1. The average molecular weight is 611 g/mol. The second-order valence-corrected chi connectivity index (χ2v) is 14.0. The Balaban J connectivity index is 0.00000121. The number of aromatic nitrogens is 4. The molecule has 0 radical (unpaired) electrons. The first-order valence-corrected chi connectivity index (χ1v) is 17.6. The molecule has 1 aliphatic rings. The summed E-state index contributed by atoms with van der Waals surface area (Å²) >= 11 is 0. The summed E-state index contributed by atoms with van der Waals surface area (Å²) in [6.07, 6.45) is 10.3. The van der Waals surface area contributed by atoms with Crippen LogP contribution in [0.1, 0.15) is 57.0 Å². The van der Waals surface area contributed by atoms with Crippen molar-refractivity contribution in [2.24, 2.45) is 0 Å². The molecule has 1 unspecified atom stereocenters. The van der Waals surface area contributed by atoms with Crippen molar-refractivity contribution in [3.63, 3.8) is 0 Å². The van der Waals surface area contributed by atoms with Gasteiger partial charge in [0.1, 0.15) is 11.6 Å². The Bertz CT molecular complexity index is 1630. The SMILES string of the molecule is C=P(CC)(CCO)c1ccc(-n2ccn(-c3c4c(nn3-c3cc(C)c(F)c(C)c3)CCNC4)c2=O)cc1NC.CC.CC. The summed E-state index contributed by atoms with van der Waals surface area (Å²) in [7, 11) is 1.86. The van der Waals surface area contributed by atoms with E-state index in [4.69, 9.17) is 5.10 Å². The molecule has 4 aromatic rings. The van der Waals surface area contributed by atoms with Crippen LogP contribution in [0.15, 0.2) is 47.5 Å². The lowest BCUT2D eigenvalue weighted by atomic mass is 10.1. The van der Waals surface area contributed by atoms with Gasteiger partial charge in [-0.2, -0.15) is 5.10 Å². The molecule has 5 rings (SSSR count). The maximum absolute atomic E-state index is 14.4. The number of benzene rings is 2. The van der Waals surface area contributed by atoms with Crippen molar-refractivity contribution in [3.05, 3.63) is 81.4 Å². The van der Waals surface area contributed by atoms with Crippen LogP contribution in [0.25, 0.3) is 17.2 Å². The van der Waals surface area contributed by atoms with E-state index in [-0.39, 0.29) is 18.1 Å². The highest BCUT2D eigenvalue weighted by Crippen LogP contribution is 2.45. The van der Waals surface area contributed by atoms with E-state index >= 15 is 0 Å². The molecule has 0 spiro atoms. The van der Waals surface area contributed by atoms with Crippen molar-refractivity contribution in [2.75, 3.05) is 37.8 Å². The molecule has 0 amide bonds. The van der Waals surface area contributed by atoms with Crippen LogP contribution in [0.5, 0.6) is 0 Å². The van der Waals surface area contributed by atoms with Crippen molar-refractivity contribution >= 4 is 24.2 Å². The summed E-state index contributed by atoms with van der Waals surface area (Å²) in [6, 6.07) is 9.48. The van der Waals surface area contributed by atoms with Gasteiger partial charge in [-0.3, -0.25) is 9.13 Å². The molecule has 0 saturated carbocycles. The molecule has 10 heteroatoms. The minimum Gasteiger partial charge on any atom is -0.396 e. The number of imidazole rings is 1. The zero-order valence-electron chi connectivity index (χ0n) is 27.0. The summed E-state index contributed by atoms with van der Waals surface area (Å²) < 4.78 is 19.4. The number of rotatable bonds is 8. The second-order valence-electron chi connectivity index (χ2n) is 10.2. The Morgan fingerprint density at radius 1 is 1.07 bits per heavy atom. The molecule has 3 N–H and O–H groups in total. The summed E-state index contributed by atoms with van der Waals surface area (Å²) in [4.78, 5) is 13.9. The molecule has 2 aromatic heterocycles. The summed E-state index contributed by atoms with van der Waals surface area (Å²) in [5, 5.41) is 22.3. The predicted molar refractivity (Wildman–Crippen MR) is 182 cm³/mol. The van der Waals surface area contributed by atoms with E-state index < -0.39 is 6.89 Å². The van der Waals surface area contributed by atoms with E-state index in [2.05, 4.69) is 23.9 Å². The summed E-state index contributed by atoms with van der Waals surface area (Å²) in [5.41, 5.74) is 5.09. The minimum atomic E-state index is -1.78. The minimum absolute atomic E-state index is 0.0955. The van der Waals surface area contributed by atoms with Crippen molar-refractivity contribution in [1.29, 1.82) is 0 Å². The van der Waals surface area contributed by atoms with Gasteiger partial charge < -0.3 is 15.7 Å². The van der Waals surface area contributed by atoms with Crippen LogP contribution < -0.4 is 21.6 Å². The van der Waals surface area contributed by atoms with E-state index in [1.807, 2.05) is 52.9 Å². The standard InChI is InChI=1S/C29H36FN6O2P.2C2H6/c1-6-39(5,14-13-37)26-8-7-21(17-25(26)31-4)34-11-12-35(29(34)38)28-23-18-32-10-9-24(23)33-36(28)22-15-19(2)27(30)20(3)16-22;2*1-2/h7-8,11-12,15-17,31-32,37H,5-6,9-10,13-14,18H2,1-4H3;2*1-2H3. The summed E-state index contributed by atoms with van der Waals surface area (Å²) in [6.45, 7) is 13.3. The number of nitrogens with zero attached hydrogens (tertiary/aromatic N) is 4. The van der Waals surface area contributed by atoms with E-state index in [0.717, 1.165) is 52.8 Å². The van der Waals surface area contributed by atoms with Gasteiger partial charge in [0.25, 0.3) is 0 Å². The van der Waals surface area contributed by atoms with Gasteiger partial charge in [0, 0.05) is 56.8 Å². The Morgan fingerprint density at radius 2 is 1.72 bits per heavy atom. The van der Waals surface area contributed by atoms with Gasteiger partial charge in [-0.15, -0.1) is 0 Å². The Morgan fingerprint density at radius 3 is 2.33 bits per heavy atom. The Kier molecular flexibility index (Phi) is 11.8. The van der Waals surface area contributed by atoms with Crippen LogP contribution in [0, 0.1) is 19.7 Å². The predicted octanol–water partition coefficient (Wildman–Crippen LogP) is 5.40. The Labute approximate surface area is 255 Å². The van der Waals surface area contributed by atoms with E-state index in [9.17, 15) is 14.3 Å². The quantitative estimate of drug-likeness (QED) is 0.233. The van der Waals surface area contributed by atoms with Gasteiger partial charge in [-0.25, -0.2) is 13.9 Å². The third-order valence-corrected chi connectivity index (χ3v) is 11.4. The molecule has 0 fully saturated rings. The molecule has 1 atom stereocenters. The lowest BCUT2D eigenvalue weighted by molar-refractivity contribution is 0.321. The van der Waals surface area contributed by atoms with Crippen molar-refractivity contribution in [3.8, 4) is 17.2 Å². The molecule has 0 bridgehead atoms. The number of aliphatic hydroxyl groups is 1. The van der Waals surface area contributed by atoms with Gasteiger partial charge in [0.05, 0.1) is 17.1 Å². The number of nitrogens with one attached hydrogen (secondary N) is 2. The first kappa shape index (κ1) is 34.1. The van der Waals surface area contributed by atoms with E-state index in [0.29, 0.717) is 29.7 Å². The lowest BCUT2D eigenvalue weighted by Gasteiger charge is -2.25. The third-order valence-electron chi connectivity index (χ3n) is 7.72. The molecule has 2 aromatic carbocycles. The average Bonchev–Trinajstić information content (AvgIpc) is 3.61. The fourth-order valence-electron chi connectivity index (χ4n) is 5.42. The molecule has 234 valence electrons. The highest BCUT2D eigenvalue weighted by atomic mass is 31.2. The van der Waals surface area contributed by atoms with Crippen LogP contribution in [0.3, 0.4) is 0 Å². The second kappa shape index (κ2) is 14.9. The summed E-state index contributed by atoms with van der Waals surface area (Å²) in [5.74, 6) is 0.426. The topological polar surface area (TPSA) is 89.0 Å². The molecule has 0 saturated heterocycles. The van der Waals surface area contributed by atoms with Crippen molar-refractivity contribution < 1.29 is 9.50 Å². The number of anilines is 1. The number of aryl methyl sites for hydroxylation is 2. The number of hydrogen-bond acceptors (Lipinski definition) is 5. The van der Waals surface area contributed by atoms with Gasteiger partial charge in [0.15, 0.2) is 0 Å². The van der Waals surface area contributed by atoms with Crippen LogP contribution in [-0.4, -0.2) is 62.8 Å². The normalized spacial score (nSPS) is 13.6. The number of halogens is 1. The fraction of sp³-hybridized carbons (Fsp3) is 0.424. The van der Waals surface area contributed by atoms with E-state index in [1.165, 1.54) is 0 Å². The first-order valence-electron chi connectivity index (χ1n) is 15.3.